The topological polar surface area (TPSA) is 130 Å². The lowest BCUT2D eigenvalue weighted by Gasteiger charge is -2.35. The number of rotatable bonds is 4. The monoisotopic (exact) mass is 570 g/mol. The average Bonchev–Trinajstić information content (AvgIpc) is 3.65. The van der Waals surface area contributed by atoms with Gasteiger partial charge in [0.15, 0.2) is 0 Å². The van der Waals surface area contributed by atoms with Gasteiger partial charge in [-0.15, -0.1) is 0 Å². The number of benzene rings is 1. The predicted octanol–water partition coefficient (Wildman–Crippen LogP) is 2.98. The quantitative estimate of drug-likeness (QED) is 0.444. The second kappa shape index (κ2) is 8.73. The summed E-state index contributed by atoms with van der Waals surface area (Å²) >= 11 is 3.60. The van der Waals surface area contributed by atoms with E-state index in [1.165, 1.54) is 0 Å². The molecule has 0 spiro atoms. The number of hydrogen-bond acceptors (Lipinski definition) is 7. The second-order valence-electron chi connectivity index (χ2n) is 9.87. The van der Waals surface area contributed by atoms with Crippen LogP contribution in [0.3, 0.4) is 0 Å². The van der Waals surface area contributed by atoms with Crippen LogP contribution in [0.15, 0.2) is 64.0 Å². The maximum absolute atomic E-state index is 13.3. The first-order valence-electron chi connectivity index (χ1n) is 12.5. The SMILES string of the molecule is N=C1C(c2cccc3[nH]ncc23)=CC(Br)=C2N=C(c3ccc(N4CCN(C5CC5)C(=O)C4)nc3)NC(=O)C12. The molecule has 1 atom stereocenters. The van der Waals surface area contributed by atoms with Crippen LogP contribution < -0.4 is 10.2 Å². The first-order valence-corrected chi connectivity index (χ1v) is 13.3. The van der Waals surface area contributed by atoms with Crippen molar-refractivity contribution in [3.8, 4) is 0 Å². The standard InChI is InChI=1S/C27H23BrN8O2/c28-19-10-17(16-2-1-3-20-18(16)12-31-34-20)24(29)23-25(19)32-26(33-27(23)38)14-4-7-21(30-11-14)35-8-9-36(15-5-6-15)22(37)13-35/h1-4,7,10-12,15,23,29H,5-6,8-9,13H2,(H,31,34)(H,32,33,38). The molecular formula is C27H23BrN8O2. The number of halogens is 1. The minimum Gasteiger partial charge on any atom is -0.346 e. The number of anilines is 1. The fourth-order valence-electron chi connectivity index (χ4n) is 5.35. The van der Waals surface area contributed by atoms with Gasteiger partial charge in [-0.3, -0.25) is 14.7 Å². The van der Waals surface area contributed by atoms with E-state index in [4.69, 9.17) is 10.4 Å². The number of H-pyrrole nitrogens is 1. The maximum Gasteiger partial charge on any atom is 0.242 e. The van der Waals surface area contributed by atoms with Gasteiger partial charge in [0.05, 0.1) is 29.7 Å². The summed E-state index contributed by atoms with van der Waals surface area (Å²) in [7, 11) is 0. The number of nitrogens with zero attached hydrogens (tertiary/aromatic N) is 5. The first kappa shape index (κ1) is 23.0. The van der Waals surface area contributed by atoms with Gasteiger partial charge in [0.2, 0.25) is 11.8 Å². The van der Waals surface area contributed by atoms with Crippen molar-refractivity contribution in [1.82, 2.24) is 25.4 Å². The third kappa shape index (κ3) is 3.76. The lowest BCUT2D eigenvalue weighted by atomic mass is 9.83. The minimum absolute atomic E-state index is 0.146. The molecule has 0 bridgehead atoms. The number of aliphatic imine (C=N–C) groups is 1. The number of nitrogens with one attached hydrogen (secondary N) is 3. The highest BCUT2D eigenvalue weighted by Gasteiger charge is 2.39. The Bertz CT molecular complexity index is 1620. The van der Waals surface area contributed by atoms with Gasteiger partial charge in [-0.05, 0) is 58.6 Å². The molecule has 4 aliphatic rings. The number of allylic oxidation sites excluding steroid dienone is 3. The summed E-state index contributed by atoms with van der Waals surface area (Å²) < 4.78 is 0.651. The first-order chi connectivity index (χ1) is 18.5. The van der Waals surface area contributed by atoms with Crippen LogP contribution in [0, 0.1) is 11.3 Å². The van der Waals surface area contributed by atoms with Crippen LogP contribution in [0.5, 0.6) is 0 Å². The third-order valence-electron chi connectivity index (χ3n) is 7.47. The Balaban J connectivity index is 1.17. The molecule has 0 radical (unpaired) electrons. The molecule has 1 saturated heterocycles. The minimum atomic E-state index is -0.837. The molecule has 3 N–H and O–H groups in total. The van der Waals surface area contributed by atoms with Crippen molar-refractivity contribution >= 4 is 61.6 Å². The number of amides is 2. The molecule has 10 nitrogen and oxygen atoms in total. The number of aromatic amines is 1. The van der Waals surface area contributed by atoms with Crippen molar-refractivity contribution in [3.63, 3.8) is 0 Å². The van der Waals surface area contributed by atoms with E-state index in [1.54, 1.807) is 12.4 Å². The van der Waals surface area contributed by atoms with Crippen molar-refractivity contribution in [2.75, 3.05) is 24.5 Å². The van der Waals surface area contributed by atoms with Crippen LogP contribution in [0.2, 0.25) is 0 Å². The van der Waals surface area contributed by atoms with E-state index in [-0.39, 0.29) is 17.5 Å². The van der Waals surface area contributed by atoms with Crippen molar-refractivity contribution in [2.45, 2.75) is 18.9 Å². The summed E-state index contributed by atoms with van der Waals surface area (Å²) in [6, 6.07) is 9.87. The van der Waals surface area contributed by atoms with Crippen molar-refractivity contribution in [1.29, 1.82) is 5.41 Å². The molecule has 1 saturated carbocycles. The van der Waals surface area contributed by atoms with E-state index in [9.17, 15) is 9.59 Å². The molecule has 2 aliphatic carbocycles. The van der Waals surface area contributed by atoms with Gasteiger partial charge in [-0.1, -0.05) is 12.1 Å². The Morgan fingerprint density at radius 2 is 1.95 bits per heavy atom. The molecule has 2 fully saturated rings. The zero-order valence-electron chi connectivity index (χ0n) is 20.2. The zero-order valence-corrected chi connectivity index (χ0v) is 21.8. The highest BCUT2D eigenvalue weighted by molar-refractivity contribution is 9.11. The lowest BCUT2D eigenvalue weighted by molar-refractivity contribution is -0.131. The van der Waals surface area contributed by atoms with Gasteiger partial charge < -0.3 is 20.5 Å². The Hall–Kier alpha value is -4.12. The van der Waals surface area contributed by atoms with Gasteiger partial charge in [-0.2, -0.15) is 5.10 Å². The summed E-state index contributed by atoms with van der Waals surface area (Å²) in [5.41, 5.74) is 3.66. The van der Waals surface area contributed by atoms with Gasteiger partial charge in [-0.25, -0.2) is 9.98 Å². The zero-order chi connectivity index (χ0) is 26.0. The number of fused-ring (bicyclic) bond motifs is 2. The van der Waals surface area contributed by atoms with E-state index in [2.05, 4.69) is 36.4 Å². The van der Waals surface area contributed by atoms with Crippen molar-refractivity contribution < 1.29 is 9.59 Å². The van der Waals surface area contributed by atoms with Crippen LogP contribution in [0.25, 0.3) is 16.5 Å². The van der Waals surface area contributed by atoms with Gasteiger partial charge in [0.1, 0.15) is 17.6 Å². The molecule has 1 unspecified atom stereocenters. The fraction of sp³-hybridized carbons (Fsp3) is 0.259. The normalized spacial score (nSPS) is 21.9. The molecule has 3 aromatic rings. The molecular weight excluding hydrogens is 548 g/mol. The Labute approximate surface area is 226 Å². The van der Waals surface area contributed by atoms with Gasteiger partial charge in [0.25, 0.3) is 0 Å². The number of aromatic nitrogens is 3. The van der Waals surface area contributed by atoms with E-state index in [0.717, 1.165) is 48.2 Å². The smallest absolute Gasteiger partial charge is 0.242 e. The largest absolute Gasteiger partial charge is 0.346 e. The van der Waals surface area contributed by atoms with Crippen LogP contribution in [0.1, 0.15) is 24.0 Å². The van der Waals surface area contributed by atoms with Crippen molar-refractivity contribution in [2.24, 2.45) is 10.9 Å². The number of piperazine rings is 1. The van der Waals surface area contributed by atoms with E-state index >= 15 is 0 Å². The summed E-state index contributed by atoms with van der Waals surface area (Å²) in [6.45, 7) is 1.79. The molecule has 2 aromatic heterocycles. The Morgan fingerprint density at radius 1 is 1.08 bits per heavy atom. The van der Waals surface area contributed by atoms with E-state index in [0.29, 0.717) is 39.7 Å². The van der Waals surface area contributed by atoms with Crippen molar-refractivity contribution in [3.05, 3.63) is 70.1 Å². The highest BCUT2D eigenvalue weighted by atomic mass is 79.9. The van der Waals surface area contributed by atoms with Crippen LogP contribution in [-0.4, -0.2) is 69.1 Å². The number of amidine groups is 1. The van der Waals surface area contributed by atoms with E-state index < -0.39 is 5.92 Å². The highest BCUT2D eigenvalue weighted by Crippen LogP contribution is 2.39. The van der Waals surface area contributed by atoms with Crippen LogP contribution >= 0.6 is 15.9 Å². The third-order valence-corrected chi connectivity index (χ3v) is 8.10. The Morgan fingerprint density at radius 3 is 2.71 bits per heavy atom. The van der Waals surface area contributed by atoms with Crippen LogP contribution in [-0.2, 0) is 9.59 Å². The summed E-state index contributed by atoms with van der Waals surface area (Å²) in [5.74, 6) is 0.0964. The number of hydrogen-bond donors (Lipinski definition) is 3. The summed E-state index contributed by atoms with van der Waals surface area (Å²) in [4.78, 5) is 39.1. The molecule has 2 amide bonds. The second-order valence-corrected chi connectivity index (χ2v) is 10.7. The van der Waals surface area contributed by atoms with E-state index in [1.807, 2.05) is 46.2 Å². The van der Waals surface area contributed by atoms with Gasteiger partial charge >= 0.3 is 0 Å². The molecule has 7 rings (SSSR count). The predicted molar refractivity (Wildman–Crippen MR) is 147 cm³/mol. The molecule has 190 valence electrons. The van der Waals surface area contributed by atoms with Crippen LogP contribution in [0.4, 0.5) is 5.82 Å². The average molecular weight is 571 g/mol. The van der Waals surface area contributed by atoms with Gasteiger partial charge in [0, 0.05) is 46.3 Å². The molecule has 4 heterocycles. The maximum atomic E-state index is 13.3. The number of carbonyl (C=O) groups excluding carboxylic acids is 2. The molecule has 11 heteroatoms. The number of pyridine rings is 1. The summed E-state index contributed by atoms with van der Waals surface area (Å²) in [6.07, 6.45) is 7.45. The fourth-order valence-corrected chi connectivity index (χ4v) is 5.90. The Kier molecular flexibility index (Phi) is 5.29. The molecule has 2 aliphatic heterocycles. The molecule has 38 heavy (non-hydrogen) atoms. The lowest BCUT2D eigenvalue weighted by Crippen LogP contribution is -2.51. The number of carbonyl (C=O) groups is 2. The molecule has 1 aromatic carbocycles. The summed E-state index contributed by atoms with van der Waals surface area (Å²) in [5, 5.41) is 19.7.